The Hall–Kier alpha value is -3.02. The van der Waals surface area contributed by atoms with Crippen molar-refractivity contribution >= 4 is 17.6 Å². The molecule has 0 saturated carbocycles. The summed E-state index contributed by atoms with van der Waals surface area (Å²) in [5.41, 5.74) is 1.92. The third-order valence-corrected chi connectivity index (χ3v) is 5.97. The van der Waals surface area contributed by atoms with Crippen molar-refractivity contribution in [2.24, 2.45) is 5.92 Å². The van der Waals surface area contributed by atoms with Gasteiger partial charge in [0.15, 0.2) is 0 Å². The zero-order valence-electron chi connectivity index (χ0n) is 17.4. The Bertz CT molecular complexity index is 878. The molecule has 0 aromatic heterocycles. The number of piperidine rings is 1. The smallest absolute Gasteiger partial charge is 0.324 e. The molecule has 1 atom stereocenters. The minimum absolute atomic E-state index is 0.00477. The maximum atomic E-state index is 13.3. The van der Waals surface area contributed by atoms with Crippen LogP contribution in [-0.4, -0.2) is 42.6 Å². The molecular weight excluding hydrogens is 378 g/mol. The van der Waals surface area contributed by atoms with Crippen LogP contribution in [0.3, 0.4) is 0 Å². The van der Waals surface area contributed by atoms with E-state index in [1.165, 1.54) is 0 Å². The highest BCUT2D eigenvalue weighted by atomic mass is 16.5. The molecule has 1 fully saturated rings. The lowest BCUT2D eigenvalue weighted by molar-refractivity contribution is -0.126. The summed E-state index contributed by atoms with van der Waals surface area (Å²) in [4.78, 5) is 29.5. The molecule has 2 aliphatic heterocycles. The minimum Gasteiger partial charge on any atom is -0.486 e. The number of nitrogens with zero attached hydrogens (tertiary/aromatic N) is 2. The molecule has 0 spiro atoms. The van der Waals surface area contributed by atoms with Crippen LogP contribution in [0, 0.1) is 5.92 Å². The number of anilines is 1. The summed E-state index contributed by atoms with van der Waals surface area (Å²) in [6.07, 6.45) is 2.23. The predicted octanol–water partition coefficient (Wildman–Crippen LogP) is 3.81. The SMILES string of the molecule is CCC1CN(C(=O)N2CCC(C(=O)NCc3ccccc3)CC2)c2ccccc2O1. The molecule has 0 bridgehead atoms. The fourth-order valence-corrected chi connectivity index (χ4v) is 4.13. The van der Waals surface area contributed by atoms with Crippen molar-refractivity contribution in [3.63, 3.8) is 0 Å². The molecule has 4 rings (SSSR count). The van der Waals surface area contributed by atoms with Crippen LogP contribution in [0.15, 0.2) is 54.6 Å². The van der Waals surface area contributed by atoms with E-state index in [1.807, 2.05) is 64.4 Å². The molecule has 2 aromatic carbocycles. The Balaban J connectivity index is 1.34. The first-order chi connectivity index (χ1) is 14.7. The van der Waals surface area contributed by atoms with Crippen molar-refractivity contribution in [1.82, 2.24) is 10.2 Å². The molecule has 1 unspecified atom stereocenters. The van der Waals surface area contributed by atoms with Gasteiger partial charge in [-0.3, -0.25) is 9.69 Å². The zero-order chi connectivity index (χ0) is 20.9. The van der Waals surface area contributed by atoms with Gasteiger partial charge in [-0.15, -0.1) is 0 Å². The topological polar surface area (TPSA) is 61.9 Å². The standard InChI is InChI=1S/C24H29N3O3/c1-2-20-17-27(21-10-6-7-11-22(21)30-20)24(29)26-14-12-19(13-15-26)23(28)25-16-18-8-4-3-5-9-18/h3-11,19-20H,2,12-17H2,1H3,(H,25,28). The normalized spacial score (nSPS) is 19.0. The van der Waals surface area contributed by atoms with Gasteiger partial charge in [0.25, 0.3) is 0 Å². The van der Waals surface area contributed by atoms with Gasteiger partial charge in [-0.05, 0) is 37.0 Å². The summed E-state index contributed by atoms with van der Waals surface area (Å²) in [6.45, 7) is 4.36. The Morgan fingerprint density at radius 2 is 1.73 bits per heavy atom. The van der Waals surface area contributed by atoms with Crippen LogP contribution in [0.25, 0.3) is 0 Å². The largest absolute Gasteiger partial charge is 0.486 e. The number of rotatable bonds is 4. The number of ether oxygens (including phenoxy) is 1. The summed E-state index contributed by atoms with van der Waals surface area (Å²) in [5, 5.41) is 3.03. The van der Waals surface area contributed by atoms with E-state index < -0.39 is 0 Å². The molecule has 2 aromatic rings. The Morgan fingerprint density at radius 1 is 1.03 bits per heavy atom. The monoisotopic (exact) mass is 407 g/mol. The number of likely N-dealkylation sites (tertiary alicyclic amines) is 1. The third-order valence-electron chi connectivity index (χ3n) is 5.97. The van der Waals surface area contributed by atoms with Gasteiger partial charge in [0.05, 0.1) is 12.2 Å². The van der Waals surface area contributed by atoms with Crippen LogP contribution in [0.1, 0.15) is 31.7 Å². The second kappa shape index (κ2) is 9.20. The molecule has 30 heavy (non-hydrogen) atoms. The van der Waals surface area contributed by atoms with E-state index in [4.69, 9.17) is 4.74 Å². The fraction of sp³-hybridized carbons (Fsp3) is 0.417. The predicted molar refractivity (Wildman–Crippen MR) is 116 cm³/mol. The van der Waals surface area contributed by atoms with Crippen LogP contribution < -0.4 is 15.0 Å². The van der Waals surface area contributed by atoms with Crippen LogP contribution in [-0.2, 0) is 11.3 Å². The molecule has 158 valence electrons. The van der Waals surface area contributed by atoms with Crippen molar-refractivity contribution < 1.29 is 14.3 Å². The van der Waals surface area contributed by atoms with Crippen LogP contribution in [0.5, 0.6) is 5.75 Å². The number of urea groups is 1. The maximum absolute atomic E-state index is 13.3. The molecule has 1 saturated heterocycles. The highest BCUT2D eigenvalue weighted by Crippen LogP contribution is 2.35. The summed E-state index contributed by atoms with van der Waals surface area (Å²) in [5.74, 6) is 0.797. The van der Waals surface area contributed by atoms with E-state index in [2.05, 4.69) is 12.2 Å². The van der Waals surface area contributed by atoms with Crippen molar-refractivity contribution in [2.75, 3.05) is 24.5 Å². The van der Waals surface area contributed by atoms with Gasteiger partial charge in [0.1, 0.15) is 11.9 Å². The van der Waals surface area contributed by atoms with Gasteiger partial charge in [-0.25, -0.2) is 4.79 Å². The van der Waals surface area contributed by atoms with E-state index in [9.17, 15) is 9.59 Å². The first-order valence-corrected chi connectivity index (χ1v) is 10.8. The second-order valence-electron chi connectivity index (χ2n) is 7.97. The van der Waals surface area contributed by atoms with Crippen molar-refractivity contribution in [3.05, 3.63) is 60.2 Å². The molecule has 2 heterocycles. The first-order valence-electron chi connectivity index (χ1n) is 10.8. The van der Waals surface area contributed by atoms with Gasteiger partial charge in [0.2, 0.25) is 5.91 Å². The van der Waals surface area contributed by atoms with Crippen LogP contribution in [0.2, 0.25) is 0 Å². The molecule has 2 aliphatic rings. The van der Waals surface area contributed by atoms with E-state index >= 15 is 0 Å². The Labute approximate surface area is 177 Å². The molecule has 0 aliphatic carbocycles. The number of fused-ring (bicyclic) bond motifs is 1. The lowest BCUT2D eigenvalue weighted by Crippen LogP contribution is -2.52. The lowest BCUT2D eigenvalue weighted by Gasteiger charge is -2.39. The Morgan fingerprint density at radius 3 is 2.47 bits per heavy atom. The third kappa shape index (κ3) is 4.42. The average Bonchev–Trinajstić information content (AvgIpc) is 2.82. The van der Waals surface area contributed by atoms with E-state index in [-0.39, 0.29) is 24.0 Å². The minimum atomic E-state index is -0.0434. The highest BCUT2D eigenvalue weighted by Gasteiger charge is 2.34. The highest BCUT2D eigenvalue weighted by molar-refractivity contribution is 5.94. The van der Waals surface area contributed by atoms with Crippen molar-refractivity contribution in [1.29, 1.82) is 0 Å². The van der Waals surface area contributed by atoms with Crippen molar-refractivity contribution in [2.45, 2.75) is 38.8 Å². The number of amides is 3. The quantitative estimate of drug-likeness (QED) is 0.838. The van der Waals surface area contributed by atoms with Gasteiger partial charge in [0, 0.05) is 25.6 Å². The van der Waals surface area contributed by atoms with Gasteiger partial charge < -0.3 is 15.0 Å². The first kappa shape index (κ1) is 20.3. The molecule has 0 radical (unpaired) electrons. The van der Waals surface area contributed by atoms with Crippen LogP contribution in [0.4, 0.5) is 10.5 Å². The molecule has 6 heteroatoms. The lowest BCUT2D eigenvalue weighted by atomic mass is 9.96. The van der Waals surface area contributed by atoms with E-state index in [1.54, 1.807) is 0 Å². The molecule has 3 amide bonds. The Kier molecular flexibility index (Phi) is 6.21. The molecule has 6 nitrogen and oxygen atoms in total. The number of carbonyl (C=O) groups excluding carboxylic acids is 2. The van der Waals surface area contributed by atoms with Gasteiger partial charge in [-0.1, -0.05) is 49.4 Å². The molecular formula is C24H29N3O3. The summed E-state index contributed by atoms with van der Waals surface area (Å²) >= 11 is 0. The molecule has 1 N–H and O–H groups in total. The van der Waals surface area contributed by atoms with Gasteiger partial charge in [-0.2, -0.15) is 0 Å². The van der Waals surface area contributed by atoms with Crippen LogP contribution >= 0.6 is 0 Å². The average molecular weight is 408 g/mol. The second-order valence-corrected chi connectivity index (χ2v) is 7.97. The van der Waals surface area contributed by atoms with Gasteiger partial charge >= 0.3 is 6.03 Å². The number of benzene rings is 2. The van der Waals surface area contributed by atoms with E-state index in [0.717, 1.165) is 23.4 Å². The van der Waals surface area contributed by atoms with Crippen molar-refractivity contribution in [3.8, 4) is 5.75 Å². The maximum Gasteiger partial charge on any atom is 0.324 e. The number of hydrogen-bond donors (Lipinski definition) is 1. The fourth-order valence-electron chi connectivity index (χ4n) is 4.13. The number of nitrogens with one attached hydrogen (secondary N) is 1. The number of para-hydroxylation sites is 2. The summed E-state index contributed by atoms with van der Waals surface area (Å²) in [7, 11) is 0. The zero-order valence-corrected chi connectivity index (χ0v) is 17.4. The van der Waals surface area contributed by atoms with E-state index in [0.29, 0.717) is 39.0 Å². The summed E-state index contributed by atoms with van der Waals surface area (Å²) in [6, 6.07) is 17.6. The summed E-state index contributed by atoms with van der Waals surface area (Å²) < 4.78 is 6.00. The number of hydrogen-bond acceptors (Lipinski definition) is 3. The number of carbonyl (C=O) groups is 2.